The average Bonchev–Trinajstić information content (AvgIpc) is 2.67. The first-order chi connectivity index (χ1) is 7.10. The van der Waals surface area contributed by atoms with Crippen LogP contribution in [0.2, 0.25) is 0 Å². The van der Waals surface area contributed by atoms with Gasteiger partial charge in [-0.05, 0) is 25.0 Å². The molecular weight excluding hydrogens is 237 g/mol. The van der Waals surface area contributed by atoms with Gasteiger partial charge in [-0.2, -0.15) is 8.70 Å². The fraction of sp³-hybridized carbons (Fsp3) is 0.556. The summed E-state index contributed by atoms with van der Waals surface area (Å²) in [6.07, 6.45) is 2.87. The number of halogens is 1. The molecule has 1 fully saturated rings. The molecule has 2 rings (SSSR count). The Bertz CT molecular complexity index is 435. The Balaban J connectivity index is 2.26. The lowest BCUT2D eigenvalue weighted by atomic mass is 10.2. The van der Waals surface area contributed by atoms with E-state index in [1.165, 1.54) is 16.4 Å². The minimum absolute atomic E-state index is 0.113. The molecule has 0 amide bonds. The maximum atomic E-state index is 12.8. The molecule has 0 saturated carbocycles. The summed E-state index contributed by atoms with van der Waals surface area (Å²) in [5.41, 5.74) is 0. The summed E-state index contributed by atoms with van der Waals surface area (Å²) in [7, 11) is -3.43. The fourth-order valence-electron chi connectivity index (χ4n) is 1.67. The third-order valence-electron chi connectivity index (χ3n) is 2.46. The molecule has 0 aromatic carbocycles. The van der Waals surface area contributed by atoms with Crippen LogP contribution in [0.15, 0.2) is 16.3 Å². The Morgan fingerprint density at radius 1 is 1.20 bits per heavy atom. The quantitative estimate of drug-likeness (QED) is 0.804. The van der Waals surface area contributed by atoms with Gasteiger partial charge in [-0.15, -0.1) is 0 Å². The fourth-order valence-corrected chi connectivity index (χ4v) is 4.34. The lowest BCUT2D eigenvalue weighted by molar-refractivity contribution is 0.347. The standard InChI is InChI=1S/C9H12FNO2S2/c10-8-4-5-9(14-8)15(12,13)11-6-2-1-3-7-11/h4-5H,1-3,6-7H2. The van der Waals surface area contributed by atoms with E-state index in [4.69, 9.17) is 0 Å². The van der Waals surface area contributed by atoms with Gasteiger partial charge in [0.25, 0.3) is 10.0 Å². The highest BCUT2D eigenvalue weighted by Gasteiger charge is 2.27. The van der Waals surface area contributed by atoms with E-state index in [1.807, 2.05) is 0 Å². The second-order valence-electron chi connectivity index (χ2n) is 3.52. The predicted molar refractivity (Wildman–Crippen MR) is 56.9 cm³/mol. The second kappa shape index (κ2) is 4.19. The zero-order valence-electron chi connectivity index (χ0n) is 8.15. The highest BCUT2D eigenvalue weighted by Crippen LogP contribution is 2.25. The van der Waals surface area contributed by atoms with Crippen LogP contribution in [-0.4, -0.2) is 25.8 Å². The molecule has 6 heteroatoms. The molecule has 3 nitrogen and oxygen atoms in total. The number of rotatable bonds is 2. The Labute approximate surface area is 92.6 Å². The van der Waals surface area contributed by atoms with E-state index in [1.54, 1.807) is 0 Å². The molecule has 2 heterocycles. The van der Waals surface area contributed by atoms with Gasteiger partial charge in [0.2, 0.25) is 0 Å². The Morgan fingerprint density at radius 2 is 1.87 bits per heavy atom. The molecule has 1 aromatic heterocycles. The first-order valence-corrected chi connectivity index (χ1v) is 7.12. The van der Waals surface area contributed by atoms with Gasteiger partial charge >= 0.3 is 0 Å². The largest absolute Gasteiger partial charge is 0.252 e. The minimum Gasteiger partial charge on any atom is -0.206 e. The molecule has 0 radical (unpaired) electrons. The first-order valence-electron chi connectivity index (χ1n) is 4.86. The molecule has 15 heavy (non-hydrogen) atoms. The highest BCUT2D eigenvalue weighted by molar-refractivity contribution is 7.91. The van der Waals surface area contributed by atoms with Crippen LogP contribution >= 0.6 is 11.3 Å². The monoisotopic (exact) mass is 249 g/mol. The van der Waals surface area contributed by atoms with Gasteiger partial charge in [-0.1, -0.05) is 17.8 Å². The predicted octanol–water partition coefficient (Wildman–Crippen LogP) is 2.06. The zero-order valence-corrected chi connectivity index (χ0v) is 9.78. The van der Waals surface area contributed by atoms with Crippen LogP contribution in [0.25, 0.3) is 0 Å². The lowest BCUT2D eigenvalue weighted by Gasteiger charge is -2.24. The first kappa shape index (κ1) is 11.0. The summed E-state index contributed by atoms with van der Waals surface area (Å²) >= 11 is 0.692. The van der Waals surface area contributed by atoms with Crippen LogP contribution in [0.5, 0.6) is 0 Å². The summed E-state index contributed by atoms with van der Waals surface area (Å²) in [6, 6.07) is 2.53. The van der Waals surface area contributed by atoms with Crippen molar-refractivity contribution in [1.29, 1.82) is 0 Å². The van der Waals surface area contributed by atoms with Gasteiger partial charge in [0, 0.05) is 13.1 Å². The number of nitrogens with zero attached hydrogens (tertiary/aromatic N) is 1. The Hall–Kier alpha value is -0.460. The van der Waals surface area contributed by atoms with E-state index in [2.05, 4.69) is 0 Å². The molecule has 0 N–H and O–H groups in total. The number of sulfonamides is 1. The summed E-state index contributed by atoms with van der Waals surface area (Å²) in [5, 5.41) is -0.453. The molecule has 1 aliphatic rings. The summed E-state index contributed by atoms with van der Waals surface area (Å²) in [4.78, 5) is 0. The number of hydrogen-bond acceptors (Lipinski definition) is 3. The van der Waals surface area contributed by atoms with E-state index in [0.717, 1.165) is 19.3 Å². The van der Waals surface area contributed by atoms with E-state index >= 15 is 0 Å². The van der Waals surface area contributed by atoms with Gasteiger partial charge in [0.15, 0.2) is 5.13 Å². The summed E-state index contributed by atoms with van der Waals surface area (Å²) in [5.74, 6) is 0. The van der Waals surface area contributed by atoms with Crippen molar-refractivity contribution in [3.05, 3.63) is 17.3 Å². The van der Waals surface area contributed by atoms with E-state index in [0.29, 0.717) is 24.4 Å². The molecule has 84 valence electrons. The molecule has 1 saturated heterocycles. The molecule has 0 aliphatic carbocycles. The number of piperidine rings is 1. The van der Waals surface area contributed by atoms with Crippen molar-refractivity contribution in [3.8, 4) is 0 Å². The van der Waals surface area contributed by atoms with E-state index in [-0.39, 0.29) is 4.21 Å². The second-order valence-corrected chi connectivity index (χ2v) is 6.72. The van der Waals surface area contributed by atoms with Gasteiger partial charge in [0.1, 0.15) is 4.21 Å². The maximum absolute atomic E-state index is 12.8. The molecule has 0 spiro atoms. The maximum Gasteiger partial charge on any atom is 0.252 e. The van der Waals surface area contributed by atoms with Crippen LogP contribution in [0.4, 0.5) is 4.39 Å². The van der Waals surface area contributed by atoms with Crippen LogP contribution in [0, 0.1) is 5.13 Å². The van der Waals surface area contributed by atoms with E-state index < -0.39 is 15.2 Å². The third-order valence-corrected chi connectivity index (χ3v) is 5.70. The topological polar surface area (TPSA) is 37.4 Å². The zero-order chi connectivity index (χ0) is 10.9. The molecule has 1 aromatic rings. The summed E-state index contributed by atoms with van der Waals surface area (Å²) < 4.78 is 38.3. The molecule has 1 aliphatic heterocycles. The van der Waals surface area contributed by atoms with Crippen LogP contribution in [0.1, 0.15) is 19.3 Å². The smallest absolute Gasteiger partial charge is 0.206 e. The Kier molecular flexibility index (Phi) is 3.08. The average molecular weight is 249 g/mol. The minimum atomic E-state index is -3.43. The lowest BCUT2D eigenvalue weighted by Crippen LogP contribution is -2.35. The van der Waals surface area contributed by atoms with Crippen molar-refractivity contribution < 1.29 is 12.8 Å². The van der Waals surface area contributed by atoms with Gasteiger partial charge in [-0.3, -0.25) is 0 Å². The third kappa shape index (κ3) is 2.21. The van der Waals surface area contributed by atoms with Crippen molar-refractivity contribution in [2.45, 2.75) is 23.5 Å². The normalized spacial score (nSPS) is 19.3. The van der Waals surface area contributed by atoms with Crippen molar-refractivity contribution in [2.24, 2.45) is 0 Å². The number of hydrogen-bond donors (Lipinski definition) is 0. The van der Waals surface area contributed by atoms with Crippen LogP contribution < -0.4 is 0 Å². The van der Waals surface area contributed by atoms with Gasteiger partial charge in [0.05, 0.1) is 0 Å². The number of thiophene rings is 1. The van der Waals surface area contributed by atoms with Crippen LogP contribution in [-0.2, 0) is 10.0 Å². The molecule has 0 atom stereocenters. The highest BCUT2D eigenvalue weighted by atomic mass is 32.2. The SMILES string of the molecule is O=S(=O)(c1ccc(F)s1)N1CCCCC1. The van der Waals surface area contributed by atoms with E-state index in [9.17, 15) is 12.8 Å². The van der Waals surface area contributed by atoms with Crippen molar-refractivity contribution in [2.75, 3.05) is 13.1 Å². The van der Waals surface area contributed by atoms with Gasteiger partial charge in [-0.25, -0.2) is 8.42 Å². The Morgan fingerprint density at radius 3 is 2.40 bits per heavy atom. The van der Waals surface area contributed by atoms with Crippen molar-refractivity contribution in [1.82, 2.24) is 4.31 Å². The van der Waals surface area contributed by atoms with Gasteiger partial charge < -0.3 is 0 Å². The summed E-state index contributed by atoms with van der Waals surface area (Å²) in [6.45, 7) is 1.11. The van der Waals surface area contributed by atoms with Crippen molar-refractivity contribution in [3.63, 3.8) is 0 Å². The molecular formula is C9H12FNO2S2. The van der Waals surface area contributed by atoms with Crippen molar-refractivity contribution >= 4 is 21.4 Å². The van der Waals surface area contributed by atoms with Crippen LogP contribution in [0.3, 0.4) is 0 Å². The molecule has 0 unspecified atom stereocenters. The molecule has 0 bridgehead atoms.